The van der Waals surface area contributed by atoms with E-state index in [0.29, 0.717) is 5.13 Å². The summed E-state index contributed by atoms with van der Waals surface area (Å²) in [5.74, 6) is -1.13. The molecule has 1 fully saturated rings. The van der Waals surface area contributed by atoms with Crippen molar-refractivity contribution in [2.75, 3.05) is 11.9 Å². The Hall–Kier alpha value is -1.74. The van der Waals surface area contributed by atoms with Gasteiger partial charge in [-0.3, -0.25) is 5.32 Å². The van der Waals surface area contributed by atoms with E-state index < -0.39 is 24.1 Å². The lowest BCUT2D eigenvalue weighted by Gasteiger charge is -2.20. The maximum absolute atomic E-state index is 11.8. The van der Waals surface area contributed by atoms with Gasteiger partial charge in [0.05, 0.1) is 6.10 Å². The van der Waals surface area contributed by atoms with E-state index >= 15 is 0 Å². The normalized spacial score (nSPS) is 23.7. The van der Waals surface area contributed by atoms with Crippen molar-refractivity contribution in [2.24, 2.45) is 0 Å². The summed E-state index contributed by atoms with van der Waals surface area (Å²) in [6, 6.07) is -1.59. The van der Waals surface area contributed by atoms with Gasteiger partial charge in [-0.1, -0.05) is 11.3 Å². The van der Waals surface area contributed by atoms with Crippen molar-refractivity contribution in [3.05, 3.63) is 5.51 Å². The molecule has 0 saturated carbocycles. The number of amides is 2. The molecule has 2 atom stereocenters. The molecule has 17 heavy (non-hydrogen) atoms. The van der Waals surface area contributed by atoms with E-state index in [0.717, 1.165) is 16.2 Å². The highest BCUT2D eigenvalue weighted by Gasteiger charge is 2.39. The fourth-order valence-electron chi connectivity index (χ4n) is 1.66. The summed E-state index contributed by atoms with van der Waals surface area (Å²) in [6.07, 6.45) is -0.768. The van der Waals surface area contributed by atoms with E-state index in [1.54, 1.807) is 0 Å². The number of aliphatic carboxylic acids is 1. The number of carboxylic acids is 1. The number of carbonyl (C=O) groups excluding carboxylic acids is 1. The van der Waals surface area contributed by atoms with E-state index in [-0.39, 0.29) is 13.0 Å². The summed E-state index contributed by atoms with van der Waals surface area (Å²) in [6.45, 7) is 0.00159. The molecule has 0 aliphatic carbocycles. The molecule has 1 aliphatic heterocycles. The molecule has 2 heterocycles. The van der Waals surface area contributed by atoms with Crippen molar-refractivity contribution >= 4 is 28.5 Å². The highest BCUT2D eigenvalue weighted by molar-refractivity contribution is 7.13. The maximum Gasteiger partial charge on any atom is 0.326 e. The van der Waals surface area contributed by atoms with E-state index in [9.17, 15) is 14.7 Å². The summed E-state index contributed by atoms with van der Waals surface area (Å²) in [7, 11) is 0. The molecule has 1 aliphatic rings. The van der Waals surface area contributed by atoms with Gasteiger partial charge >= 0.3 is 12.0 Å². The molecule has 1 saturated heterocycles. The van der Waals surface area contributed by atoms with E-state index in [2.05, 4.69) is 15.5 Å². The highest BCUT2D eigenvalue weighted by Crippen LogP contribution is 2.20. The van der Waals surface area contributed by atoms with Crippen LogP contribution >= 0.6 is 11.3 Å². The van der Waals surface area contributed by atoms with Crippen molar-refractivity contribution in [2.45, 2.75) is 18.6 Å². The number of aromatic nitrogens is 2. The van der Waals surface area contributed by atoms with E-state index in [4.69, 9.17) is 5.11 Å². The minimum atomic E-state index is -1.13. The third-order valence-corrected chi connectivity index (χ3v) is 3.01. The zero-order chi connectivity index (χ0) is 12.4. The zero-order valence-corrected chi connectivity index (χ0v) is 9.42. The summed E-state index contributed by atoms with van der Waals surface area (Å²) >= 11 is 1.13. The number of anilines is 1. The smallest absolute Gasteiger partial charge is 0.326 e. The first kappa shape index (κ1) is 11.7. The fourth-order valence-corrected chi connectivity index (χ4v) is 2.10. The monoisotopic (exact) mass is 258 g/mol. The van der Waals surface area contributed by atoms with Crippen LogP contribution in [0.3, 0.4) is 0 Å². The number of urea groups is 1. The first-order chi connectivity index (χ1) is 8.08. The third-order valence-electron chi connectivity index (χ3n) is 2.40. The number of aliphatic hydroxyl groups excluding tert-OH is 1. The van der Waals surface area contributed by atoms with E-state index in [1.165, 1.54) is 5.51 Å². The first-order valence-corrected chi connectivity index (χ1v) is 5.70. The molecule has 1 aromatic heterocycles. The molecule has 0 spiro atoms. The molecule has 0 bridgehead atoms. The summed E-state index contributed by atoms with van der Waals surface area (Å²) in [5, 5.41) is 28.2. The van der Waals surface area contributed by atoms with Crippen LogP contribution in [-0.4, -0.2) is 56.0 Å². The molecular formula is C8H10N4O4S. The van der Waals surface area contributed by atoms with Crippen LogP contribution in [0, 0.1) is 0 Å². The van der Waals surface area contributed by atoms with Gasteiger partial charge in [-0.05, 0) is 0 Å². The van der Waals surface area contributed by atoms with Crippen LogP contribution in [0.25, 0.3) is 0 Å². The third kappa shape index (κ3) is 2.50. The lowest BCUT2D eigenvalue weighted by Crippen LogP contribution is -2.43. The Bertz CT molecular complexity index is 423. The van der Waals surface area contributed by atoms with Crippen molar-refractivity contribution in [1.29, 1.82) is 0 Å². The van der Waals surface area contributed by atoms with Crippen LogP contribution in [-0.2, 0) is 4.79 Å². The van der Waals surface area contributed by atoms with Gasteiger partial charge in [0.1, 0.15) is 11.6 Å². The number of hydrogen-bond donors (Lipinski definition) is 3. The average molecular weight is 258 g/mol. The van der Waals surface area contributed by atoms with Crippen LogP contribution in [0.2, 0.25) is 0 Å². The summed E-state index contributed by atoms with van der Waals surface area (Å²) < 4.78 is 0. The molecular weight excluding hydrogens is 248 g/mol. The van der Waals surface area contributed by atoms with Crippen molar-refractivity contribution in [3.8, 4) is 0 Å². The molecule has 9 heteroatoms. The average Bonchev–Trinajstić information content (AvgIpc) is 2.86. The number of carboxylic acid groups (broad SMARTS) is 1. The first-order valence-electron chi connectivity index (χ1n) is 4.82. The van der Waals surface area contributed by atoms with Gasteiger partial charge in [0.25, 0.3) is 0 Å². The lowest BCUT2D eigenvalue weighted by molar-refractivity contribution is -0.141. The van der Waals surface area contributed by atoms with E-state index in [1.807, 2.05) is 0 Å². The molecule has 2 amide bonds. The van der Waals surface area contributed by atoms with Crippen molar-refractivity contribution < 1.29 is 19.8 Å². The van der Waals surface area contributed by atoms with Gasteiger partial charge in [0, 0.05) is 13.0 Å². The molecule has 1 aromatic rings. The van der Waals surface area contributed by atoms with Crippen LogP contribution < -0.4 is 5.32 Å². The van der Waals surface area contributed by atoms with Crippen LogP contribution in [0.4, 0.5) is 9.93 Å². The van der Waals surface area contributed by atoms with Gasteiger partial charge in [0.2, 0.25) is 5.13 Å². The predicted octanol–water partition coefficient (Wildman–Crippen LogP) is -0.410. The number of hydrogen-bond acceptors (Lipinski definition) is 6. The Morgan fingerprint density at radius 3 is 2.94 bits per heavy atom. The van der Waals surface area contributed by atoms with Gasteiger partial charge in [0.15, 0.2) is 0 Å². The zero-order valence-electron chi connectivity index (χ0n) is 8.61. The minimum absolute atomic E-state index is 0.00159. The number of rotatable bonds is 2. The number of nitrogens with one attached hydrogen (secondary N) is 1. The van der Waals surface area contributed by atoms with Gasteiger partial charge in [-0.25, -0.2) is 9.59 Å². The maximum atomic E-state index is 11.8. The van der Waals surface area contributed by atoms with Gasteiger partial charge in [-0.15, -0.1) is 10.2 Å². The van der Waals surface area contributed by atoms with Crippen LogP contribution in [0.1, 0.15) is 6.42 Å². The summed E-state index contributed by atoms with van der Waals surface area (Å²) in [4.78, 5) is 23.7. The largest absolute Gasteiger partial charge is 0.480 e. The number of carbonyl (C=O) groups is 2. The molecule has 3 N–H and O–H groups in total. The quantitative estimate of drug-likeness (QED) is 0.664. The predicted molar refractivity (Wildman–Crippen MR) is 57.7 cm³/mol. The Labute approximate surface area is 99.9 Å². The highest BCUT2D eigenvalue weighted by atomic mass is 32.1. The molecule has 92 valence electrons. The Morgan fingerprint density at radius 1 is 1.59 bits per heavy atom. The number of nitrogens with zero attached hydrogens (tertiary/aromatic N) is 3. The molecule has 0 radical (unpaired) electrons. The molecule has 0 unspecified atom stereocenters. The molecule has 0 aromatic carbocycles. The Kier molecular flexibility index (Phi) is 3.20. The van der Waals surface area contributed by atoms with Crippen LogP contribution in [0.5, 0.6) is 0 Å². The number of likely N-dealkylation sites (tertiary alicyclic amines) is 1. The standard InChI is InChI=1S/C8H10N4O4S/c13-4-1-5(6(14)15)12(2-4)8(16)10-7-11-9-3-17-7/h3-5,13H,1-2H2,(H,14,15)(H,10,11,16)/t4-,5-/m0/s1. The summed E-state index contributed by atoms with van der Waals surface area (Å²) in [5.41, 5.74) is 1.45. The SMILES string of the molecule is O=C(O)[C@@H]1C[C@H](O)CN1C(=O)Nc1nncs1. The second kappa shape index (κ2) is 4.63. The Balaban J connectivity index is 2.05. The van der Waals surface area contributed by atoms with Crippen molar-refractivity contribution in [3.63, 3.8) is 0 Å². The Morgan fingerprint density at radius 2 is 2.35 bits per heavy atom. The molecule has 8 nitrogen and oxygen atoms in total. The molecule has 2 rings (SSSR count). The lowest BCUT2D eigenvalue weighted by atomic mass is 10.2. The number of β-amino-alcohol motifs (C(OH)–C–C–N with tert-alkyl or cyclic N) is 1. The second-order valence-corrected chi connectivity index (χ2v) is 4.40. The van der Waals surface area contributed by atoms with Gasteiger partial charge < -0.3 is 15.1 Å². The topological polar surface area (TPSA) is 116 Å². The van der Waals surface area contributed by atoms with Crippen LogP contribution in [0.15, 0.2) is 5.51 Å². The van der Waals surface area contributed by atoms with Gasteiger partial charge in [-0.2, -0.15) is 0 Å². The van der Waals surface area contributed by atoms with Crippen molar-refractivity contribution in [1.82, 2.24) is 15.1 Å². The fraction of sp³-hybridized carbons (Fsp3) is 0.500. The minimum Gasteiger partial charge on any atom is -0.480 e. The number of aliphatic hydroxyl groups is 1. The second-order valence-electron chi connectivity index (χ2n) is 3.57.